The topological polar surface area (TPSA) is 58.6 Å². The summed E-state index contributed by atoms with van der Waals surface area (Å²) >= 11 is 0. The first-order valence-corrected chi connectivity index (χ1v) is 6.86. The molecule has 0 atom stereocenters. The number of benzene rings is 3. The van der Waals surface area contributed by atoms with Crippen LogP contribution in [0.15, 0.2) is 60.7 Å². The second kappa shape index (κ2) is 5.77. The number of rotatable bonds is 3. The molecule has 2 N–H and O–H groups in total. The maximum atomic E-state index is 12.6. The zero-order valence-corrected chi connectivity index (χ0v) is 12.0. The van der Waals surface area contributed by atoms with Crippen molar-refractivity contribution in [3.05, 3.63) is 66.2 Å². The number of hydrogen-bond donors (Lipinski definition) is 2. The molecule has 3 aromatic carbocycles. The Balaban J connectivity index is 2.04. The Morgan fingerprint density at radius 1 is 1.00 bits per heavy atom. The van der Waals surface area contributed by atoms with Crippen LogP contribution in [-0.4, -0.2) is 18.1 Å². The van der Waals surface area contributed by atoms with Crippen molar-refractivity contribution in [1.29, 1.82) is 0 Å². The Morgan fingerprint density at radius 3 is 2.55 bits per heavy atom. The molecule has 0 heterocycles. The van der Waals surface area contributed by atoms with E-state index in [2.05, 4.69) is 5.32 Å². The minimum absolute atomic E-state index is 0.0499. The number of para-hydroxylation sites is 2. The van der Waals surface area contributed by atoms with Crippen molar-refractivity contribution in [2.75, 3.05) is 12.4 Å². The average Bonchev–Trinajstić information content (AvgIpc) is 2.55. The lowest BCUT2D eigenvalue weighted by atomic mass is 10.0. The molecule has 22 heavy (non-hydrogen) atoms. The van der Waals surface area contributed by atoms with Crippen molar-refractivity contribution in [1.82, 2.24) is 0 Å². The Kier molecular flexibility index (Phi) is 3.66. The van der Waals surface area contributed by atoms with Gasteiger partial charge in [0.2, 0.25) is 0 Å². The molecule has 0 aliphatic heterocycles. The van der Waals surface area contributed by atoms with Gasteiger partial charge in [-0.1, -0.05) is 42.5 Å². The van der Waals surface area contributed by atoms with Crippen LogP contribution in [0.2, 0.25) is 0 Å². The molecule has 0 aromatic heterocycles. The number of amides is 1. The Bertz CT molecular complexity index is 843. The average molecular weight is 293 g/mol. The third-order valence-corrected chi connectivity index (χ3v) is 3.49. The quantitative estimate of drug-likeness (QED) is 0.772. The summed E-state index contributed by atoms with van der Waals surface area (Å²) in [6, 6.07) is 17.9. The van der Waals surface area contributed by atoms with Crippen LogP contribution in [-0.2, 0) is 0 Å². The summed E-state index contributed by atoms with van der Waals surface area (Å²) in [5, 5.41) is 14.5. The molecule has 0 aliphatic carbocycles. The molecule has 0 spiro atoms. The van der Waals surface area contributed by atoms with Gasteiger partial charge in [0.1, 0.15) is 11.5 Å². The number of fused-ring (bicyclic) bond motifs is 1. The summed E-state index contributed by atoms with van der Waals surface area (Å²) in [6.07, 6.45) is 0. The lowest BCUT2D eigenvalue weighted by Gasteiger charge is -2.12. The van der Waals surface area contributed by atoms with E-state index in [0.717, 1.165) is 5.39 Å². The van der Waals surface area contributed by atoms with E-state index in [1.165, 1.54) is 6.07 Å². The van der Waals surface area contributed by atoms with Crippen LogP contribution in [0.5, 0.6) is 11.5 Å². The largest absolute Gasteiger partial charge is 0.507 e. The number of hydrogen-bond acceptors (Lipinski definition) is 3. The van der Waals surface area contributed by atoms with E-state index in [4.69, 9.17) is 4.74 Å². The first-order chi connectivity index (χ1) is 10.7. The van der Waals surface area contributed by atoms with Crippen LogP contribution >= 0.6 is 0 Å². The van der Waals surface area contributed by atoms with Crippen molar-refractivity contribution in [3.8, 4) is 11.5 Å². The fourth-order valence-electron chi connectivity index (χ4n) is 2.43. The van der Waals surface area contributed by atoms with Crippen molar-refractivity contribution in [2.24, 2.45) is 0 Å². The SMILES string of the molecule is COc1ccccc1NC(=O)c1c(O)ccc2ccccc12. The van der Waals surface area contributed by atoms with Crippen molar-refractivity contribution in [3.63, 3.8) is 0 Å². The molecular weight excluding hydrogens is 278 g/mol. The van der Waals surface area contributed by atoms with Crippen LogP contribution in [0, 0.1) is 0 Å². The number of carbonyl (C=O) groups excluding carboxylic acids is 1. The summed E-state index contributed by atoms with van der Waals surface area (Å²) in [5.41, 5.74) is 0.811. The smallest absolute Gasteiger partial charge is 0.260 e. The van der Waals surface area contributed by atoms with Crippen LogP contribution < -0.4 is 10.1 Å². The van der Waals surface area contributed by atoms with E-state index >= 15 is 0 Å². The van der Waals surface area contributed by atoms with Gasteiger partial charge in [-0.25, -0.2) is 0 Å². The van der Waals surface area contributed by atoms with E-state index < -0.39 is 0 Å². The third-order valence-electron chi connectivity index (χ3n) is 3.49. The molecule has 0 saturated heterocycles. The van der Waals surface area contributed by atoms with Gasteiger partial charge in [-0.3, -0.25) is 4.79 Å². The van der Waals surface area contributed by atoms with Gasteiger partial charge in [0.25, 0.3) is 5.91 Å². The summed E-state index contributed by atoms with van der Waals surface area (Å²) in [4.78, 5) is 12.6. The number of methoxy groups -OCH3 is 1. The van der Waals surface area contributed by atoms with Gasteiger partial charge in [-0.15, -0.1) is 0 Å². The fourth-order valence-corrected chi connectivity index (χ4v) is 2.43. The van der Waals surface area contributed by atoms with Crippen LogP contribution in [0.4, 0.5) is 5.69 Å². The van der Waals surface area contributed by atoms with Crippen LogP contribution in [0.25, 0.3) is 10.8 Å². The van der Waals surface area contributed by atoms with Gasteiger partial charge >= 0.3 is 0 Å². The molecule has 3 rings (SSSR count). The van der Waals surface area contributed by atoms with Crippen molar-refractivity contribution in [2.45, 2.75) is 0 Å². The monoisotopic (exact) mass is 293 g/mol. The fraction of sp³-hybridized carbons (Fsp3) is 0.0556. The molecule has 0 saturated carbocycles. The normalized spacial score (nSPS) is 10.4. The molecule has 4 heteroatoms. The number of nitrogens with one attached hydrogen (secondary N) is 1. The summed E-state index contributed by atoms with van der Waals surface area (Å²) < 4.78 is 5.22. The molecule has 0 fully saturated rings. The molecule has 0 aliphatic rings. The first-order valence-electron chi connectivity index (χ1n) is 6.86. The molecule has 1 amide bonds. The Hall–Kier alpha value is -3.01. The van der Waals surface area contributed by atoms with E-state index in [0.29, 0.717) is 16.8 Å². The standard InChI is InChI=1S/C18H15NO3/c1-22-16-9-5-4-8-14(16)19-18(21)17-13-7-3-2-6-12(13)10-11-15(17)20/h2-11,20H,1H3,(H,19,21). The highest BCUT2D eigenvalue weighted by Crippen LogP contribution is 2.29. The van der Waals surface area contributed by atoms with Gasteiger partial charge < -0.3 is 15.2 Å². The maximum Gasteiger partial charge on any atom is 0.260 e. The number of anilines is 1. The van der Waals surface area contributed by atoms with Crippen LogP contribution in [0.3, 0.4) is 0 Å². The number of phenols is 1. The van der Waals surface area contributed by atoms with Crippen LogP contribution in [0.1, 0.15) is 10.4 Å². The van der Waals surface area contributed by atoms with E-state index in [9.17, 15) is 9.90 Å². The summed E-state index contributed by atoms with van der Waals surface area (Å²) in [6.45, 7) is 0. The van der Waals surface area contributed by atoms with E-state index in [1.807, 2.05) is 30.3 Å². The zero-order valence-electron chi connectivity index (χ0n) is 12.0. The van der Waals surface area contributed by atoms with Gasteiger partial charge in [-0.2, -0.15) is 0 Å². The van der Waals surface area contributed by atoms with Crippen molar-refractivity contribution < 1.29 is 14.6 Å². The van der Waals surface area contributed by atoms with Crippen molar-refractivity contribution >= 4 is 22.4 Å². The first kappa shape index (κ1) is 13.9. The number of carbonyl (C=O) groups is 1. The number of ether oxygens (including phenoxy) is 1. The number of aromatic hydroxyl groups is 1. The van der Waals surface area contributed by atoms with Gasteiger partial charge in [0, 0.05) is 0 Å². The minimum Gasteiger partial charge on any atom is -0.507 e. The second-order valence-electron chi connectivity index (χ2n) is 4.84. The molecular formula is C18H15NO3. The maximum absolute atomic E-state index is 12.6. The highest BCUT2D eigenvalue weighted by atomic mass is 16.5. The minimum atomic E-state index is -0.376. The lowest BCUT2D eigenvalue weighted by Crippen LogP contribution is -2.13. The van der Waals surface area contributed by atoms with E-state index in [1.54, 1.807) is 31.4 Å². The second-order valence-corrected chi connectivity index (χ2v) is 4.84. The van der Waals surface area contributed by atoms with E-state index in [-0.39, 0.29) is 17.2 Å². The van der Waals surface area contributed by atoms with Gasteiger partial charge in [-0.05, 0) is 29.0 Å². The predicted molar refractivity (Wildman–Crippen MR) is 86.6 cm³/mol. The molecule has 3 aromatic rings. The molecule has 110 valence electrons. The molecule has 4 nitrogen and oxygen atoms in total. The van der Waals surface area contributed by atoms with Gasteiger partial charge in [0.15, 0.2) is 0 Å². The molecule has 0 radical (unpaired) electrons. The Labute approximate surface area is 128 Å². The molecule has 0 bridgehead atoms. The highest BCUT2D eigenvalue weighted by molar-refractivity contribution is 6.15. The third kappa shape index (κ3) is 2.46. The zero-order chi connectivity index (χ0) is 15.5. The number of phenolic OH excluding ortho intramolecular Hbond substituents is 1. The molecule has 0 unspecified atom stereocenters. The highest BCUT2D eigenvalue weighted by Gasteiger charge is 2.16. The lowest BCUT2D eigenvalue weighted by molar-refractivity contribution is 0.102. The summed E-state index contributed by atoms with van der Waals surface area (Å²) in [5.74, 6) is 0.139. The van der Waals surface area contributed by atoms with Gasteiger partial charge in [0.05, 0.1) is 18.4 Å². The Morgan fingerprint density at radius 2 is 1.73 bits per heavy atom. The summed E-state index contributed by atoms with van der Waals surface area (Å²) in [7, 11) is 1.54. The predicted octanol–water partition coefficient (Wildman–Crippen LogP) is 3.81.